The number of hydrazone groups is 1. The van der Waals surface area contributed by atoms with Gasteiger partial charge in [0.25, 0.3) is 0 Å². The fraction of sp³-hybridized carbons (Fsp3) is 0.333. The number of methoxy groups -OCH3 is 1. The summed E-state index contributed by atoms with van der Waals surface area (Å²) in [5.41, 5.74) is 5.21. The van der Waals surface area contributed by atoms with Crippen LogP contribution in [-0.4, -0.2) is 38.0 Å². The molecule has 6 heteroatoms. The minimum atomic E-state index is -0.243. The Balaban J connectivity index is 1.64. The minimum Gasteiger partial charge on any atom is -0.496 e. The van der Waals surface area contributed by atoms with Gasteiger partial charge in [-0.1, -0.05) is 29.8 Å². The third-order valence-electron chi connectivity index (χ3n) is 4.74. The van der Waals surface area contributed by atoms with Crippen molar-refractivity contribution in [3.63, 3.8) is 0 Å². The molecule has 142 valence electrons. The van der Waals surface area contributed by atoms with Gasteiger partial charge in [-0.25, -0.2) is 4.79 Å². The lowest BCUT2D eigenvalue weighted by atomic mass is 9.99. The molecular weight excluding hydrogens is 340 g/mol. The van der Waals surface area contributed by atoms with Crippen molar-refractivity contribution in [1.82, 2.24) is 10.3 Å². The van der Waals surface area contributed by atoms with Crippen LogP contribution >= 0.6 is 0 Å². The van der Waals surface area contributed by atoms with Crippen molar-refractivity contribution in [1.29, 1.82) is 0 Å². The molecule has 0 radical (unpaired) electrons. The van der Waals surface area contributed by atoms with E-state index >= 15 is 0 Å². The Morgan fingerprint density at radius 3 is 2.78 bits per heavy atom. The number of ether oxygens (including phenoxy) is 1. The summed E-state index contributed by atoms with van der Waals surface area (Å²) in [6.07, 6.45) is 1.92. The number of hydrogen-bond donors (Lipinski definition) is 2. The number of likely N-dealkylation sites (N-methyl/N-ethyl adjacent to an activating group) is 1. The predicted molar refractivity (Wildman–Crippen MR) is 109 cm³/mol. The maximum Gasteiger partial charge on any atom is 0.319 e. The van der Waals surface area contributed by atoms with Crippen LogP contribution in [0.15, 0.2) is 41.5 Å². The van der Waals surface area contributed by atoms with Gasteiger partial charge < -0.3 is 15.4 Å². The first-order valence-corrected chi connectivity index (χ1v) is 9.00. The highest BCUT2D eigenvalue weighted by molar-refractivity contribution is 5.89. The smallest absolute Gasteiger partial charge is 0.319 e. The standard InChI is InChI=1S/C21H26N4O2/c1-14-5-6-15(2)16(9-14)11-22-21(26)24-18-7-8-19(20(10-18)27-4)17-12-23-25(3)13-17/h5-10,12,17H,11,13H2,1-4H3,(H2,22,24,26). The van der Waals surface area contributed by atoms with Crippen LogP contribution in [0.25, 0.3) is 0 Å². The molecule has 0 aromatic heterocycles. The van der Waals surface area contributed by atoms with E-state index in [4.69, 9.17) is 4.74 Å². The zero-order valence-corrected chi connectivity index (χ0v) is 16.2. The van der Waals surface area contributed by atoms with Gasteiger partial charge in [-0.05, 0) is 31.0 Å². The lowest BCUT2D eigenvalue weighted by Gasteiger charge is -2.16. The normalized spacial score (nSPS) is 15.7. The van der Waals surface area contributed by atoms with Gasteiger partial charge in [0.15, 0.2) is 0 Å². The second-order valence-corrected chi connectivity index (χ2v) is 6.91. The van der Waals surface area contributed by atoms with Crippen LogP contribution in [0.1, 0.15) is 28.2 Å². The molecule has 0 fully saturated rings. The number of carbonyl (C=O) groups excluding carboxylic acids is 1. The van der Waals surface area contributed by atoms with Crippen LogP contribution in [0.4, 0.5) is 10.5 Å². The molecule has 0 saturated carbocycles. The fourth-order valence-electron chi connectivity index (χ4n) is 3.19. The van der Waals surface area contributed by atoms with Crippen LogP contribution in [0.5, 0.6) is 5.75 Å². The highest BCUT2D eigenvalue weighted by Crippen LogP contribution is 2.31. The Kier molecular flexibility index (Phi) is 5.64. The Morgan fingerprint density at radius 2 is 2.07 bits per heavy atom. The number of anilines is 1. The van der Waals surface area contributed by atoms with E-state index in [1.807, 2.05) is 50.3 Å². The maximum atomic E-state index is 12.3. The molecule has 6 nitrogen and oxygen atoms in total. The van der Waals surface area contributed by atoms with Gasteiger partial charge in [0.1, 0.15) is 5.75 Å². The first-order valence-electron chi connectivity index (χ1n) is 9.00. The summed E-state index contributed by atoms with van der Waals surface area (Å²) in [4.78, 5) is 12.3. The van der Waals surface area contributed by atoms with Gasteiger partial charge in [0, 0.05) is 49.6 Å². The van der Waals surface area contributed by atoms with E-state index in [1.54, 1.807) is 7.11 Å². The average molecular weight is 366 g/mol. The topological polar surface area (TPSA) is 66.0 Å². The summed E-state index contributed by atoms with van der Waals surface area (Å²) in [7, 11) is 3.58. The number of rotatable bonds is 5. The third-order valence-corrected chi connectivity index (χ3v) is 4.74. The zero-order chi connectivity index (χ0) is 19.4. The van der Waals surface area contributed by atoms with Crippen LogP contribution in [-0.2, 0) is 6.54 Å². The van der Waals surface area contributed by atoms with E-state index in [1.165, 1.54) is 5.56 Å². The first-order chi connectivity index (χ1) is 13.0. The van der Waals surface area contributed by atoms with Crippen LogP contribution in [0.3, 0.4) is 0 Å². The molecule has 2 amide bonds. The number of amides is 2. The largest absolute Gasteiger partial charge is 0.496 e. The van der Waals surface area contributed by atoms with Gasteiger partial charge in [0.05, 0.1) is 7.11 Å². The molecular formula is C21H26N4O2. The molecule has 2 aromatic carbocycles. The quantitative estimate of drug-likeness (QED) is 0.849. The number of benzene rings is 2. The lowest BCUT2D eigenvalue weighted by Crippen LogP contribution is -2.28. The Hall–Kier alpha value is -3.02. The van der Waals surface area contributed by atoms with Crippen molar-refractivity contribution in [2.24, 2.45) is 5.10 Å². The zero-order valence-electron chi connectivity index (χ0n) is 16.2. The molecule has 0 aliphatic carbocycles. The number of aryl methyl sites for hydroxylation is 2. The molecule has 27 heavy (non-hydrogen) atoms. The van der Waals surface area contributed by atoms with Crippen molar-refractivity contribution in [3.05, 3.63) is 58.7 Å². The maximum absolute atomic E-state index is 12.3. The molecule has 3 rings (SSSR count). The summed E-state index contributed by atoms with van der Waals surface area (Å²) < 4.78 is 5.52. The van der Waals surface area contributed by atoms with E-state index in [9.17, 15) is 4.79 Å². The third kappa shape index (κ3) is 4.58. The summed E-state index contributed by atoms with van der Waals surface area (Å²) in [6, 6.07) is 11.7. The molecule has 1 heterocycles. The van der Waals surface area contributed by atoms with E-state index in [0.29, 0.717) is 12.2 Å². The van der Waals surface area contributed by atoms with Gasteiger partial charge in [-0.3, -0.25) is 5.01 Å². The lowest BCUT2D eigenvalue weighted by molar-refractivity contribution is 0.251. The van der Waals surface area contributed by atoms with Gasteiger partial charge in [0.2, 0.25) is 0 Å². The number of nitrogens with one attached hydrogen (secondary N) is 2. The van der Waals surface area contributed by atoms with Crippen molar-refractivity contribution in [2.75, 3.05) is 26.0 Å². The molecule has 1 atom stereocenters. The Labute approximate surface area is 160 Å². The molecule has 2 aromatic rings. The number of hydrogen-bond acceptors (Lipinski definition) is 4. The first kappa shape index (κ1) is 18.8. The van der Waals surface area contributed by atoms with Crippen molar-refractivity contribution in [3.8, 4) is 5.75 Å². The van der Waals surface area contributed by atoms with Gasteiger partial charge in [-0.2, -0.15) is 5.10 Å². The SMILES string of the molecule is COc1cc(NC(=O)NCc2cc(C)ccc2C)ccc1C1C=NN(C)C1. The average Bonchev–Trinajstić information content (AvgIpc) is 3.08. The molecule has 1 unspecified atom stereocenters. The highest BCUT2D eigenvalue weighted by Gasteiger charge is 2.20. The van der Waals surface area contributed by atoms with Crippen LogP contribution in [0.2, 0.25) is 0 Å². The summed E-state index contributed by atoms with van der Waals surface area (Å²) in [6.45, 7) is 5.39. The summed E-state index contributed by atoms with van der Waals surface area (Å²) in [5, 5.41) is 12.0. The van der Waals surface area contributed by atoms with E-state index in [0.717, 1.165) is 29.0 Å². The molecule has 0 saturated heterocycles. The van der Waals surface area contributed by atoms with Gasteiger partial charge >= 0.3 is 6.03 Å². The predicted octanol–water partition coefficient (Wildman–Crippen LogP) is 3.65. The van der Waals surface area contributed by atoms with Gasteiger partial charge in [-0.15, -0.1) is 0 Å². The number of urea groups is 1. The van der Waals surface area contributed by atoms with E-state index in [-0.39, 0.29) is 11.9 Å². The Morgan fingerprint density at radius 1 is 1.26 bits per heavy atom. The number of carbonyl (C=O) groups is 1. The fourth-order valence-corrected chi connectivity index (χ4v) is 3.19. The molecule has 1 aliphatic rings. The second-order valence-electron chi connectivity index (χ2n) is 6.91. The van der Waals surface area contributed by atoms with Crippen LogP contribution in [0, 0.1) is 13.8 Å². The van der Waals surface area contributed by atoms with Crippen molar-refractivity contribution >= 4 is 17.9 Å². The molecule has 2 N–H and O–H groups in total. The molecule has 1 aliphatic heterocycles. The van der Waals surface area contributed by atoms with Crippen molar-refractivity contribution < 1.29 is 9.53 Å². The van der Waals surface area contributed by atoms with E-state index in [2.05, 4.69) is 33.9 Å². The summed E-state index contributed by atoms with van der Waals surface area (Å²) >= 11 is 0. The number of nitrogens with zero attached hydrogens (tertiary/aromatic N) is 2. The second kappa shape index (κ2) is 8.12. The summed E-state index contributed by atoms with van der Waals surface area (Å²) in [5.74, 6) is 0.936. The molecule has 0 spiro atoms. The van der Waals surface area contributed by atoms with E-state index < -0.39 is 0 Å². The minimum absolute atomic E-state index is 0.192. The van der Waals surface area contributed by atoms with Crippen molar-refractivity contribution in [2.45, 2.75) is 26.3 Å². The monoisotopic (exact) mass is 366 g/mol. The Bertz CT molecular complexity index is 863. The molecule has 0 bridgehead atoms. The van der Waals surface area contributed by atoms with Crippen LogP contribution < -0.4 is 15.4 Å². The highest BCUT2D eigenvalue weighted by atomic mass is 16.5.